The molecule has 0 spiro atoms. The van der Waals surface area contributed by atoms with Gasteiger partial charge in [0.25, 0.3) is 0 Å². The molecule has 110 valence electrons. The Hall–Kier alpha value is -0.980. The van der Waals surface area contributed by atoms with Gasteiger partial charge in [0.1, 0.15) is 5.82 Å². The Morgan fingerprint density at radius 2 is 2.40 bits per heavy atom. The van der Waals surface area contributed by atoms with E-state index in [0.717, 1.165) is 30.3 Å². The quantitative estimate of drug-likeness (QED) is 0.879. The maximum Gasteiger partial charge on any atom is 0.239 e. The Morgan fingerprint density at radius 3 is 3.05 bits per heavy atom. The molecule has 2 rings (SSSR count). The van der Waals surface area contributed by atoms with Crippen LogP contribution in [0.2, 0.25) is 0 Å². The molecule has 0 aliphatic carbocycles. The molecule has 1 fully saturated rings. The van der Waals surface area contributed by atoms with E-state index < -0.39 is 6.10 Å². The molecule has 0 radical (unpaired) electrons. The highest BCUT2D eigenvalue weighted by molar-refractivity contribution is 9.10. The normalized spacial score (nSPS) is 21.4. The molecule has 1 saturated heterocycles. The highest BCUT2D eigenvalue weighted by Crippen LogP contribution is 2.19. The number of nitrogens with zero attached hydrogens (tertiary/aromatic N) is 2. The Kier molecular flexibility index (Phi) is 5.51. The summed E-state index contributed by atoms with van der Waals surface area (Å²) in [6.07, 6.45) is 4.37. The first-order valence-corrected chi connectivity index (χ1v) is 7.69. The van der Waals surface area contributed by atoms with Crippen LogP contribution in [0.25, 0.3) is 0 Å². The summed E-state index contributed by atoms with van der Waals surface area (Å²) < 4.78 is 0.876. The average Bonchev–Trinajstić information content (AvgIpc) is 2.41. The van der Waals surface area contributed by atoms with Crippen molar-refractivity contribution < 1.29 is 9.90 Å². The van der Waals surface area contributed by atoms with Crippen LogP contribution in [-0.4, -0.2) is 46.1 Å². The topological polar surface area (TPSA) is 65.5 Å². The van der Waals surface area contributed by atoms with Crippen LogP contribution < -0.4 is 5.32 Å². The zero-order valence-electron chi connectivity index (χ0n) is 11.6. The molecule has 2 unspecified atom stereocenters. The van der Waals surface area contributed by atoms with Crippen molar-refractivity contribution in [3.63, 3.8) is 0 Å². The van der Waals surface area contributed by atoms with Crippen molar-refractivity contribution in [2.75, 3.05) is 18.4 Å². The molecule has 2 heterocycles. The molecular formula is C14H20BrN3O2. The van der Waals surface area contributed by atoms with E-state index >= 15 is 0 Å². The second-order valence-electron chi connectivity index (χ2n) is 5.18. The van der Waals surface area contributed by atoms with Crippen LogP contribution in [0.5, 0.6) is 0 Å². The molecule has 1 aliphatic heterocycles. The molecule has 0 bridgehead atoms. The summed E-state index contributed by atoms with van der Waals surface area (Å²) in [5.41, 5.74) is 0. The molecule has 1 aromatic heterocycles. The first-order chi connectivity index (χ1) is 9.56. The third-order valence-corrected chi connectivity index (χ3v) is 4.03. The molecule has 2 N–H and O–H groups in total. The lowest BCUT2D eigenvalue weighted by molar-refractivity contribution is -0.118. The van der Waals surface area contributed by atoms with E-state index in [9.17, 15) is 9.90 Å². The summed E-state index contributed by atoms with van der Waals surface area (Å²) >= 11 is 3.30. The van der Waals surface area contributed by atoms with Crippen LogP contribution in [0.15, 0.2) is 22.8 Å². The summed E-state index contributed by atoms with van der Waals surface area (Å²) in [6.45, 7) is 2.95. The van der Waals surface area contributed by atoms with Crippen molar-refractivity contribution >= 4 is 27.7 Å². The number of rotatable bonds is 4. The number of carbonyl (C=O) groups is 1. The molecular weight excluding hydrogens is 322 g/mol. The third-order valence-electron chi connectivity index (χ3n) is 3.56. The monoisotopic (exact) mass is 341 g/mol. The van der Waals surface area contributed by atoms with Crippen LogP contribution in [0.3, 0.4) is 0 Å². The maximum atomic E-state index is 12.0. The maximum absolute atomic E-state index is 12.0. The first-order valence-electron chi connectivity index (χ1n) is 6.90. The summed E-state index contributed by atoms with van der Waals surface area (Å²) in [7, 11) is 0. The standard InChI is InChI=1S/C14H20BrN3O2/c1-10(19)12-4-2-3-7-18(12)9-14(20)17-13-6-5-11(15)8-16-13/h5-6,8,10,12,19H,2-4,7,9H2,1H3,(H,16,17,20). The Morgan fingerprint density at radius 1 is 1.60 bits per heavy atom. The van der Waals surface area contributed by atoms with Crippen molar-refractivity contribution in [3.05, 3.63) is 22.8 Å². The van der Waals surface area contributed by atoms with Gasteiger partial charge < -0.3 is 10.4 Å². The van der Waals surface area contributed by atoms with Gasteiger partial charge in [-0.1, -0.05) is 6.42 Å². The molecule has 1 aromatic rings. The van der Waals surface area contributed by atoms with Crippen LogP contribution in [0.4, 0.5) is 5.82 Å². The highest BCUT2D eigenvalue weighted by atomic mass is 79.9. The van der Waals surface area contributed by atoms with E-state index in [-0.39, 0.29) is 11.9 Å². The zero-order valence-corrected chi connectivity index (χ0v) is 13.1. The van der Waals surface area contributed by atoms with Crippen LogP contribution in [0, 0.1) is 0 Å². The Balaban J connectivity index is 1.91. The largest absolute Gasteiger partial charge is 0.392 e. The van der Waals surface area contributed by atoms with Gasteiger partial charge in [-0.3, -0.25) is 9.69 Å². The van der Waals surface area contributed by atoms with Crippen LogP contribution in [0.1, 0.15) is 26.2 Å². The van der Waals surface area contributed by atoms with Gasteiger partial charge in [0.2, 0.25) is 5.91 Å². The number of hydrogen-bond donors (Lipinski definition) is 2. The number of amides is 1. The third kappa shape index (κ3) is 4.26. The minimum Gasteiger partial charge on any atom is -0.392 e. The molecule has 5 nitrogen and oxygen atoms in total. The second-order valence-corrected chi connectivity index (χ2v) is 6.10. The lowest BCUT2D eigenvalue weighted by atomic mass is 9.98. The van der Waals surface area contributed by atoms with Crippen LogP contribution >= 0.6 is 15.9 Å². The van der Waals surface area contributed by atoms with Crippen LogP contribution in [-0.2, 0) is 4.79 Å². The smallest absolute Gasteiger partial charge is 0.239 e. The summed E-state index contributed by atoms with van der Waals surface area (Å²) in [4.78, 5) is 18.2. The summed E-state index contributed by atoms with van der Waals surface area (Å²) in [6, 6.07) is 3.67. The Bertz CT molecular complexity index is 450. The first kappa shape index (κ1) is 15.4. The number of hydrogen-bond acceptors (Lipinski definition) is 4. The van der Waals surface area contributed by atoms with Gasteiger partial charge in [-0.2, -0.15) is 0 Å². The number of aromatic nitrogens is 1. The van der Waals surface area contributed by atoms with Crippen molar-refractivity contribution in [1.82, 2.24) is 9.88 Å². The summed E-state index contributed by atoms with van der Waals surface area (Å²) in [5, 5.41) is 12.6. The number of aliphatic hydroxyl groups excluding tert-OH is 1. The molecule has 2 atom stereocenters. The SMILES string of the molecule is CC(O)C1CCCCN1CC(=O)Nc1ccc(Br)cn1. The predicted molar refractivity (Wildman–Crippen MR) is 81.5 cm³/mol. The fraction of sp³-hybridized carbons (Fsp3) is 0.571. The van der Waals surface area contributed by atoms with Crippen molar-refractivity contribution in [2.45, 2.75) is 38.3 Å². The molecule has 6 heteroatoms. The van der Waals surface area contributed by atoms with Crippen molar-refractivity contribution in [1.29, 1.82) is 0 Å². The molecule has 0 aromatic carbocycles. The number of pyridine rings is 1. The van der Waals surface area contributed by atoms with Crippen molar-refractivity contribution in [3.8, 4) is 0 Å². The second kappa shape index (κ2) is 7.15. The number of halogens is 1. The number of piperidine rings is 1. The van der Waals surface area contributed by atoms with Gasteiger partial charge >= 0.3 is 0 Å². The molecule has 20 heavy (non-hydrogen) atoms. The minimum absolute atomic E-state index is 0.0763. The van der Waals surface area contributed by atoms with E-state index in [1.54, 1.807) is 19.2 Å². The van der Waals surface area contributed by atoms with E-state index in [1.807, 2.05) is 6.07 Å². The highest BCUT2D eigenvalue weighted by Gasteiger charge is 2.27. The summed E-state index contributed by atoms with van der Waals surface area (Å²) in [5.74, 6) is 0.455. The fourth-order valence-electron chi connectivity index (χ4n) is 2.58. The van der Waals surface area contributed by atoms with E-state index in [0.29, 0.717) is 12.4 Å². The number of likely N-dealkylation sites (tertiary alicyclic amines) is 1. The van der Waals surface area contributed by atoms with E-state index in [4.69, 9.17) is 0 Å². The van der Waals surface area contributed by atoms with Gasteiger partial charge in [-0.25, -0.2) is 4.98 Å². The van der Waals surface area contributed by atoms with Gasteiger partial charge in [-0.15, -0.1) is 0 Å². The fourth-order valence-corrected chi connectivity index (χ4v) is 2.81. The number of anilines is 1. The van der Waals surface area contributed by atoms with Crippen molar-refractivity contribution in [2.24, 2.45) is 0 Å². The predicted octanol–water partition coefficient (Wildman–Crippen LogP) is 2.02. The van der Waals surface area contributed by atoms with Gasteiger partial charge in [0, 0.05) is 16.7 Å². The molecule has 1 amide bonds. The minimum atomic E-state index is -0.408. The lowest BCUT2D eigenvalue weighted by Crippen LogP contribution is -2.48. The van der Waals surface area contributed by atoms with E-state index in [2.05, 4.69) is 31.1 Å². The lowest BCUT2D eigenvalue weighted by Gasteiger charge is -2.36. The molecule has 0 saturated carbocycles. The van der Waals surface area contributed by atoms with E-state index in [1.165, 1.54) is 0 Å². The number of carbonyl (C=O) groups excluding carboxylic acids is 1. The number of nitrogens with one attached hydrogen (secondary N) is 1. The average molecular weight is 342 g/mol. The Labute approximate surface area is 127 Å². The zero-order chi connectivity index (χ0) is 14.5. The number of aliphatic hydroxyl groups is 1. The van der Waals surface area contributed by atoms with Gasteiger partial charge in [0.05, 0.1) is 12.6 Å². The van der Waals surface area contributed by atoms with Gasteiger partial charge in [-0.05, 0) is 54.4 Å². The van der Waals surface area contributed by atoms with Gasteiger partial charge in [0.15, 0.2) is 0 Å². The molecule has 1 aliphatic rings.